The van der Waals surface area contributed by atoms with Crippen molar-refractivity contribution < 1.29 is 4.74 Å². The highest BCUT2D eigenvalue weighted by atomic mass is 35.5. The van der Waals surface area contributed by atoms with Crippen molar-refractivity contribution in [2.45, 2.75) is 13.0 Å². The van der Waals surface area contributed by atoms with Crippen LogP contribution >= 0.6 is 11.6 Å². The molecule has 3 rings (SSSR count). The first kappa shape index (κ1) is 18.0. The summed E-state index contributed by atoms with van der Waals surface area (Å²) in [4.78, 5) is 8.75. The Balaban J connectivity index is 1.50. The quantitative estimate of drug-likeness (QED) is 0.617. The normalized spacial score (nSPS) is 10.4. The molecule has 0 atom stereocenters. The van der Waals surface area contributed by atoms with Gasteiger partial charge in [0.25, 0.3) is 0 Å². The highest BCUT2D eigenvalue weighted by Gasteiger charge is 2.01. The molecule has 0 unspecified atom stereocenters. The Morgan fingerprint density at radius 1 is 1.00 bits per heavy atom. The Morgan fingerprint density at radius 3 is 2.62 bits per heavy atom. The molecule has 5 nitrogen and oxygen atoms in total. The Morgan fingerprint density at radius 2 is 1.85 bits per heavy atom. The van der Waals surface area contributed by atoms with Gasteiger partial charge in [-0.05, 0) is 47.9 Å². The summed E-state index contributed by atoms with van der Waals surface area (Å²) in [6, 6.07) is 17.6. The molecule has 6 heteroatoms. The molecule has 0 spiro atoms. The van der Waals surface area contributed by atoms with Crippen LogP contribution < -0.4 is 15.4 Å². The summed E-state index contributed by atoms with van der Waals surface area (Å²) in [6.45, 7) is 1.42. The predicted molar refractivity (Wildman–Crippen MR) is 106 cm³/mol. The van der Waals surface area contributed by atoms with Gasteiger partial charge in [0, 0.05) is 24.3 Å². The molecule has 0 saturated heterocycles. The molecule has 3 aromatic rings. The molecular formula is C20H21ClN4O. The summed E-state index contributed by atoms with van der Waals surface area (Å²) in [5.41, 5.74) is 2.33. The van der Waals surface area contributed by atoms with Crippen molar-refractivity contribution >= 4 is 23.4 Å². The number of rotatable bonds is 8. The van der Waals surface area contributed by atoms with Gasteiger partial charge < -0.3 is 15.4 Å². The van der Waals surface area contributed by atoms with E-state index in [2.05, 4.69) is 26.7 Å². The summed E-state index contributed by atoms with van der Waals surface area (Å²) in [7, 11) is 1.66. The van der Waals surface area contributed by atoms with Crippen LogP contribution in [0, 0.1) is 0 Å². The number of hydrogen-bond acceptors (Lipinski definition) is 5. The summed E-state index contributed by atoms with van der Waals surface area (Å²) in [6.07, 6.45) is 2.60. The summed E-state index contributed by atoms with van der Waals surface area (Å²) in [5.74, 6) is 2.23. The first-order chi connectivity index (χ1) is 12.7. The molecule has 134 valence electrons. The molecule has 0 aliphatic heterocycles. The van der Waals surface area contributed by atoms with Crippen LogP contribution in [0.5, 0.6) is 5.75 Å². The van der Waals surface area contributed by atoms with Crippen molar-refractivity contribution in [3.63, 3.8) is 0 Å². The second-order valence-corrected chi connectivity index (χ2v) is 6.21. The number of aromatic nitrogens is 2. The van der Waals surface area contributed by atoms with Crippen LogP contribution in [0.3, 0.4) is 0 Å². The van der Waals surface area contributed by atoms with Crippen molar-refractivity contribution in [3.8, 4) is 5.75 Å². The summed E-state index contributed by atoms with van der Waals surface area (Å²) in [5, 5.41) is 7.30. The molecule has 1 aromatic heterocycles. The van der Waals surface area contributed by atoms with Crippen molar-refractivity contribution in [3.05, 3.63) is 76.9 Å². The highest BCUT2D eigenvalue weighted by Crippen LogP contribution is 2.14. The maximum absolute atomic E-state index is 6.00. The van der Waals surface area contributed by atoms with Crippen LogP contribution in [-0.4, -0.2) is 23.6 Å². The molecule has 0 aliphatic rings. The van der Waals surface area contributed by atoms with Crippen molar-refractivity contribution in [2.24, 2.45) is 0 Å². The predicted octanol–water partition coefficient (Wildman–Crippen LogP) is 4.41. The summed E-state index contributed by atoms with van der Waals surface area (Å²) < 4.78 is 5.17. The van der Waals surface area contributed by atoms with Crippen LogP contribution in [0.2, 0.25) is 5.02 Å². The molecule has 0 aliphatic carbocycles. The zero-order valence-corrected chi connectivity index (χ0v) is 15.3. The topological polar surface area (TPSA) is 59.1 Å². The van der Waals surface area contributed by atoms with Crippen molar-refractivity contribution in [1.82, 2.24) is 9.97 Å². The number of nitrogens with zero attached hydrogens (tertiary/aromatic N) is 2. The molecule has 26 heavy (non-hydrogen) atoms. The zero-order valence-electron chi connectivity index (χ0n) is 14.6. The molecule has 0 fully saturated rings. The van der Waals surface area contributed by atoms with E-state index in [0.717, 1.165) is 35.1 Å². The molecule has 0 bridgehead atoms. The van der Waals surface area contributed by atoms with E-state index >= 15 is 0 Å². The van der Waals surface area contributed by atoms with E-state index < -0.39 is 0 Å². The van der Waals surface area contributed by atoms with Gasteiger partial charge in [-0.3, -0.25) is 0 Å². The number of ether oxygens (including phenoxy) is 1. The lowest BCUT2D eigenvalue weighted by atomic mass is 10.1. The van der Waals surface area contributed by atoms with Gasteiger partial charge in [-0.1, -0.05) is 35.9 Å². The van der Waals surface area contributed by atoms with Gasteiger partial charge in [-0.25, -0.2) is 4.98 Å². The van der Waals surface area contributed by atoms with Crippen LogP contribution in [0.4, 0.5) is 11.8 Å². The fraction of sp³-hybridized carbons (Fsp3) is 0.200. The van der Waals surface area contributed by atoms with Gasteiger partial charge >= 0.3 is 0 Å². The molecule has 1 heterocycles. The van der Waals surface area contributed by atoms with E-state index in [0.29, 0.717) is 12.5 Å². The molecule has 0 amide bonds. The SMILES string of the molecule is COc1ccc(CNc2ccnc(NCCc3cccc(Cl)c3)n2)cc1. The lowest BCUT2D eigenvalue weighted by Crippen LogP contribution is -2.09. The largest absolute Gasteiger partial charge is 0.497 e. The first-order valence-electron chi connectivity index (χ1n) is 8.41. The molecule has 2 aromatic carbocycles. The average Bonchev–Trinajstić information content (AvgIpc) is 2.67. The van der Waals surface area contributed by atoms with Gasteiger partial charge in [0.15, 0.2) is 0 Å². The molecule has 0 saturated carbocycles. The van der Waals surface area contributed by atoms with Gasteiger partial charge in [-0.15, -0.1) is 0 Å². The fourth-order valence-electron chi connectivity index (χ4n) is 2.49. The Bertz CT molecular complexity index is 839. The minimum atomic E-state index is 0.603. The Kier molecular flexibility index (Phi) is 6.28. The van der Waals surface area contributed by atoms with Gasteiger partial charge in [-0.2, -0.15) is 4.98 Å². The Labute approximate surface area is 158 Å². The van der Waals surface area contributed by atoms with Gasteiger partial charge in [0.2, 0.25) is 5.95 Å². The molecule has 0 radical (unpaired) electrons. The van der Waals surface area contributed by atoms with E-state index in [1.54, 1.807) is 13.3 Å². The maximum atomic E-state index is 6.00. The average molecular weight is 369 g/mol. The van der Waals surface area contributed by atoms with Crippen LogP contribution in [0.15, 0.2) is 60.8 Å². The monoisotopic (exact) mass is 368 g/mol. The number of benzene rings is 2. The number of hydrogen-bond donors (Lipinski definition) is 2. The van der Waals surface area contributed by atoms with Crippen molar-refractivity contribution in [1.29, 1.82) is 0 Å². The third-order valence-electron chi connectivity index (χ3n) is 3.87. The second-order valence-electron chi connectivity index (χ2n) is 5.77. The smallest absolute Gasteiger partial charge is 0.224 e. The van der Waals surface area contributed by atoms with Crippen LogP contribution in [0.25, 0.3) is 0 Å². The lowest BCUT2D eigenvalue weighted by Gasteiger charge is -2.09. The van der Waals surface area contributed by atoms with Crippen LogP contribution in [0.1, 0.15) is 11.1 Å². The Hall–Kier alpha value is -2.79. The van der Waals surface area contributed by atoms with Gasteiger partial charge in [0.1, 0.15) is 11.6 Å². The number of halogens is 1. The van der Waals surface area contributed by atoms with E-state index in [-0.39, 0.29) is 0 Å². The molecule has 2 N–H and O–H groups in total. The third kappa shape index (κ3) is 5.36. The fourth-order valence-corrected chi connectivity index (χ4v) is 2.70. The molecular weight excluding hydrogens is 348 g/mol. The minimum Gasteiger partial charge on any atom is -0.497 e. The maximum Gasteiger partial charge on any atom is 0.224 e. The van der Waals surface area contributed by atoms with E-state index in [4.69, 9.17) is 16.3 Å². The number of nitrogens with one attached hydrogen (secondary N) is 2. The van der Waals surface area contributed by atoms with Crippen LogP contribution in [-0.2, 0) is 13.0 Å². The third-order valence-corrected chi connectivity index (χ3v) is 4.11. The second kappa shape index (κ2) is 9.06. The van der Waals surface area contributed by atoms with Gasteiger partial charge in [0.05, 0.1) is 7.11 Å². The van der Waals surface area contributed by atoms with E-state index in [9.17, 15) is 0 Å². The minimum absolute atomic E-state index is 0.603. The standard InChI is InChI=1S/C20H21ClN4O/c1-26-18-7-5-16(6-8-18)14-24-19-10-12-23-20(25-19)22-11-9-15-3-2-4-17(21)13-15/h2-8,10,12-13H,9,11,14H2,1H3,(H2,22,23,24,25). The number of methoxy groups -OCH3 is 1. The zero-order chi connectivity index (χ0) is 18.2. The lowest BCUT2D eigenvalue weighted by molar-refractivity contribution is 0.414. The highest BCUT2D eigenvalue weighted by molar-refractivity contribution is 6.30. The van der Waals surface area contributed by atoms with Crippen molar-refractivity contribution in [2.75, 3.05) is 24.3 Å². The number of anilines is 2. The van der Waals surface area contributed by atoms with E-state index in [1.807, 2.05) is 48.5 Å². The van der Waals surface area contributed by atoms with E-state index in [1.165, 1.54) is 5.56 Å². The first-order valence-corrected chi connectivity index (χ1v) is 8.79. The summed E-state index contributed by atoms with van der Waals surface area (Å²) >= 11 is 6.00.